The summed E-state index contributed by atoms with van der Waals surface area (Å²) in [5.74, 6) is 0.765. The maximum absolute atomic E-state index is 13.3. The fourth-order valence-electron chi connectivity index (χ4n) is 4.85. The molecule has 1 amide bonds. The number of carbonyl (C=O) groups is 1. The number of nitrogens with one attached hydrogen (secondary N) is 1. The van der Waals surface area contributed by atoms with Crippen molar-refractivity contribution >= 4 is 5.91 Å². The summed E-state index contributed by atoms with van der Waals surface area (Å²) in [6.45, 7) is 12.3. The lowest BCUT2D eigenvalue weighted by molar-refractivity contribution is 0.0632. The zero-order valence-corrected chi connectivity index (χ0v) is 18.1. The van der Waals surface area contributed by atoms with Gasteiger partial charge in [-0.3, -0.25) is 14.3 Å². The molecule has 4 rings (SSSR count). The number of aromatic amines is 1. The summed E-state index contributed by atoms with van der Waals surface area (Å²) in [5, 5.41) is 4.34. The maximum atomic E-state index is 13.3. The molecular formula is C22H31N5O2. The minimum atomic E-state index is -0.228. The molecule has 7 nitrogen and oxygen atoms in total. The van der Waals surface area contributed by atoms with Gasteiger partial charge in [0.2, 0.25) is 0 Å². The van der Waals surface area contributed by atoms with Gasteiger partial charge in [0, 0.05) is 41.7 Å². The molecule has 7 heteroatoms. The number of rotatable bonds is 2. The average molecular weight is 398 g/mol. The molecule has 1 atom stereocenters. The Morgan fingerprint density at radius 2 is 2.07 bits per heavy atom. The number of aryl methyl sites for hydroxylation is 1. The number of likely N-dealkylation sites (tertiary alicyclic amines) is 1. The van der Waals surface area contributed by atoms with Gasteiger partial charge >= 0.3 is 0 Å². The number of aromatic nitrogens is 4. The molecule has 0 radical (unpaired) electrons. The number of H-pyrrole nitrogens is 1. The lowest BCUT2D eigenvalue weighted by Gasteiger charge is -2.40. The molecule has 1 N–H and O–H groups in total. The van der Waals surface area contributed by atoms with Crippen molar-refractivity contribution in [2.24, 2.45) is 0 Å². The number of carbonyl (C=O) groups excluding carboxylic acids is 1. The van der Waals surface area contributed by atoms with Crippen LogP contribution in [0.5, 0.6) is 0 Å². The van der Waals surface area contributed by atoms with Crippen LogP contribution in [0.2, 0.25) is 0 Å². The van der Waals surface area contributed by atoms with E-state index in [1.807, 2.05) is 23.4 Å². The molecule has 1 aliphatic heterocycles. The molecule has 156 valence electrons. The van der Waals surface area contributed by atoms with Crippen LogP contribution in [0.1, 0.15) is 80.1 Å². The summed E-state index contributed by atoms with van der Waals surface area (Å²) in [6.07, 6.45) is 5.19. The van der Waals surface area contributed by atoms with Gasteiger partial charge in [0.1, 0.15) is 5.82 Å². The van der Waals surface area contributed by atoms with E-state index in [0.29, 0.717) is 12.1 Å². The molecule has 1 unspecified atom stereocenters. The molecule has 29 heavy (non-hydrogen) atoms. The third kappa shape index (κ3) is 3.20. The molecule has 3 heterocycles. The Balaban J connectivity index is 1.69. The largest absolute Gasteiger partial charge is 0.338 e. The molecule has 0 aromatic carbocycles. The third-order valence-electron chi connectivity index (χ3n) is 6.58. The van der Waals surface area contributed by atoms with Crippen molar-refractivity contribution in [1.29, 1.82) is 0 Å². The molecule has 2 aliphatic rings. The van der Waals surface area contributed by atoms with Gasteiger partial charge in [-0.1, -0.05) is 20.8 Å². The molecule has 2 aromatic heterocycles. The van der Waals surface area contributed by atoms with Crippen LogP contribution in [-0.2, 0) is 23.8 Å². The minimum absolute atomic E-state index is 0.0136. The lowest BCUT2D eigenvalue weighted by Crippen LogP contribution is -2.48. The Morgan fingerprint density at radius 3 is 2.72 bits per heavy atom. The van der Waals surface area contributed by atoms with Crippen molar-refractivity contribution in [2.45, 2.75) is 77.7 Å². The topological polar surface area (TPSA) is 83.9 Å². The van der Waals surface area contributed by atoms with Crippen molar-refractivity contribution in [2.75, 3.05) is 13.1 Å². The van der Waals surface area contributed by atoms with Gasteiger partial charge in [0.15, 0.2) is 0 Å². The first-order chi connectivity index (χ1) is 13.7. The van der Waals surface area contributed by atoms with E-state index in [1.165, 1.54) is 0 Å². The SMILES string of the molecule is CCn1ncc(C(=O)N2CCCC3(CCc4c3nc(C(C)(C)C)[nH]c4=O)C2)c1C. The standard InChI is InChI=1S/C22H31N5O2/c1-6-27-14(2)16(12-23-27)19(29)26-11-7-9-22(13-26)10-8-15-17(22)24-20(21(3,4)5)25-18(15)28/h12H,6-11,13H2,1-5H3,(H,24,25,28). The number of nitrogens with zero attached hydrogens (tertiary/aromatic N) is 4. The number of hydrogen-bond donors (Lipinski definition) is 1. The van der Waals surface area contributed by atoms with Gasteiger partial charge < -0.3 is 9.88 Å². The second-order valence-electron chi connectivity index (χ2n) is 9.56. The van der Waals surface area contributed by atoms with Crippen molar-refractivity contribution in [1.82, 2.24) is 24.6 Å². The summed E-state index contributed by atoms with van der Waals surface area (Å²) in [7, 11) is 0. The Morgan fingerprint density at radius 1 is 1.31 bits per heavy atom. The second-order valence-corrected chi connectivity index (χ2v) is 9.56. The first-order valence-electron chi connectivity index (χ1n) is 10.6. The fourth-order valence-corrected chi connectivity index (χ4v) is 4.85. The van der Waals surface area contributed by atoms with Crippen molar-refractivity contribution in [3.05, 3.63) is 44.9 Å². The molecule has 0 bridgehead atoms. The lowest BCUT2D eigenvalue weighted by atomic mass is 9.77. The van der Waals surface area contributed by atoms with Crippen molar-refractivity contribution in [3.8, 4) is 0 Å². The van der Waals surface area contributed by atoms with Crippen LogP contribution < -0.4 is 5.56 Å². The third-order valence-corrected chi connectivity index (χ3v) is 6.58. The highest BCUT2D eigenvalue weighted by Gasteiger charge is 2.46. The van der Waals surface area contributed by atoms with E-state index in [0.717, 1.165) is 61.5 Å². The van der Waals surface area contributed by atoms with Crippen molar-refractivity contribution < 1.29 is 4.79 Å². The van der Waals surface area contributed by atoms with Crippen molar-refractivity contribution in [3.63, 3.8) is 0 Å². The number of amides is 1. The van der Waals surface area contributed by atoms with E-state index < -0.39 is 0 Å². The summed E-state index contributed by atoms with van der Waals surface area (Å²) in [4.78, 5) is 35.9. The van der Waals surface area contributed by atoms with Crippen LogP contribution in [0.15, 0.2) is 11.0 Å². The Hall–Kier alpha value is -2.44. The molecular weight excluding hydrogens is 366 g/mol. The maximum Gasteiger partial charge on any atom is 0.257 e. The molecule has 0 saturated carbocycles. The van der Waals surface area contributed by atoms with Gasteiger partial charge in [0.25, 0.3) is 11.5 Å². The predicted molar refractivity (Wildman–Crippen MR) is 111 cm³/mol. The van der Waals surface area contributed by atoms with E-state index in [4.69, 9.17) is 4.98 Å². The smallest absolute Gasteiger partial charge is 0.257 e. The predicted octanol–water partition coefficient (Wildman–Crippen LogP) is 2.71. The number of piperidine rings is 1. The zero-order valence-electron chi connectivity index (χ0n) is 18.1. The van der Waals surface area contributed by atoms with E-state index in [1.54, 1.807) is 6.20 Å². The highest BCUT2D eigenvalue weighted by Crippen LogP contribution is 2.43. The second kappa shape index (κ2) is 6.82. The van der Waals surface area contributed by atoms with Gasteiger partial charge in [-0.25, -0.2) is 4.98 Å². The summed E-state index contributed by atoms with van der Waals surface area (Å²) in [5.41, 5.74) is 2.86. The summed E-state index contributed by atoms with van der Waals surface area (Å²) >= 11 is 0. The summed E-state index contributed by atoms with van der Waals surface area (Å²) in [6, 6.07) is 0. The zero-order chi connectivity index (χ0) is 21.0. The molecule has 1 saturated heterocycles. The Kier molecular flexibility index (Phi) is 4.67. The minimum Gasteiger partial charge on any atom is -0.338 e. The Bertz CT molecular complexity index is 1010. The number of fused-ring (bicyclic) bond motifs is 2. The fraction of sp³-hybridized carbons (Fsp3) is 0.636. The van der Waals surface area contributed by atoms with Gasteiger partial charge in [0.05, 0.1) is 17.5 Å². The number of hydrogen-bond acceptors (Lipinski definition) is 4. The average Bonchev–Trinajstić information content (AvgIpc) is 3.22. The van der Waals surface area contributed by atoms with Crippen LogP contribution in [0.25, 0.3) is 0 Å². The highest BCUT2D eigenvalue weighted by molar-refractivity contribution is 5.95. The van der Waals surface area contributed by atoms with E-state index in [-0.39, 0.29) is 22.3 Å². The molecule has 1 aliphatic carbocycles. The quantitative estimate of drug-likeness (QED) is 0.844. The van der Waals surface area contributed by atoms with Crippen LogP contribution in [0.3, 0.4) is 0 Å². The normalized spacial score (nSPS) is 21.6. The van der Waals surface area contributed by atoms with Gasteiger partial charge in [-0.15, -0.1) is 0 Å². The van der Waals surface area contributed by atoms with Gasteiger partial charge in [-0.05, 0) is 39.5 Å². The molecule has 2 aromatic rings. The monoisotopic (exact) mass is 397 g/mol. The Labute approximate surface area is 171 Å². The van der Waals surface area contributed by atoms with Crippen LogP contribution >= 0.6 is 0 Å². The van der Waals surface area contributed by atoms with E-state index >= 15 is 0 Å². The summed E-state index contributed by atoms with van der Waals surface area (Å²) < 4.78 is 1.86. The van der Waals surface area contributed by atoms with Gasteiger partial charge in [-0.2, -0.15) is 5.10 Å². The first-order valence-corrected chi connectivity index (χ1v) is 10.6. The molecule has 1 spiro atoms. The molecule has 1 fully saturated rings. The van der Waals surface area contributed by atoms with E-state index in [2.05, 4.69) is 30.9 Å². The first kappa shape index (κ1) is 19.9. The highest BCUT2D eigenvalue weighted by atomic mass is 16.2. The van der Waals surface area contributed by atoms with Crippen LogP contribution in [-0.4, -0.2) is 43.6 Å². The van der Waals surface area contributed by atoms with E-state index in [9.17, 15) is 9.59 Å². The van der Waals surface area contributed by atoms with Crippen LogP contribution in [0, 0.1) is 6.92 Å². The van der Waals surface area contributed by atoms with Crippen LogP contribution in [0.4, 0.5) is 0 Å².